The molecule has 0 bridgehead atoms. The lowest BCUT2D eigenvalue weighted by atomic mass is 9.72. The fourth-order valence-corrected chi connectivity index (χ4v) is 9.22. The molecule has 6 nitrogen and oxygen atoms in total. The van der Waals surface area contributed by atoms with Crippen molar-refractivity contribution < 1.29 is 13.2 Å². The zero-order chi connectivity index (χ0) is 22.4. The summed E-state index contributed by atoms with van der Waals surface area (Å²) in [6.45, 7) is 7.17. The summed E-state index contributed by atoms with van der Waals surface area (Å²) < 4.78 is 35.2. The molecule has 2 aliphatic heterocycles. The lowest BCUT2D eigenvalue weighted by Crippen LogP contribution is -2.37. The molecule has 1 aromatic rings. The van der Waals surface area contributed by atoms with E-state index in [1.165, 1.54) is 32.1 Å². The minimum absolute atomic E-state index is 0.0480. The third-order valence-corrected chi connectivity index (χ3v) is 11.0. The molecule has 1 N–H and O–H groups in total. The molecule has 2 saturated heterocycles. The summed E-state index contributed by atoms with van der Waals surface area (Å²) in [5.41, 5.74) is 1.43. The number of ether oxygens (including phenoxy) is 1. The Bertz CT molecular complexity index is 936. The molecule has 7 heteroatoms. The topological polar surface area (TPSA) is 71.5 Å². The molecule has 2 saturated carbocycles. The highest BCUT2D eigenvalue weighted by molar-refractivity contribution is 7.89. The zero-order valence-electron chi connectivity index (χ0n) is 19.7. The number of pyridine rings is 1. The molecular weight excluding hydrogens is 422 g/mol. The number of nitrogens with zero attached hydrogens (tertiary/aromatic N) is 2. The van der Waals surface area contributed by atoms with Crippen LogP contribution < -0.4 is 5.32 Å². The third-order valence-electron chi connectivity index (χ3n) is 9.05. The van der Waals surface area contributed by atoms with Crippen molar-refractivity contribution in [2.75, 3.05) is 31.6 Å². The second-order valence-electron chi connectivity index (χ2n) is 11.1. The average Bonchev–Trinajstić information content (AvgIpc) is 3.48. The molecular formula is C25H39N3O3S. The quantitative estimate of drug-likeness (QED) is 0.686. The van der Waals surface area contributed by atoms with Crippen LogP contribution in [-0.2, 0) is 14.8 Å². The van der Waals surface area contributed by atoms with E-state index >= 15 is 0 Å². The van der Waals surface area contributed by atoms with Gasteiger partial charge in [-0.2, -0.15) is 4.31 Å². The number of nitrogens with one attached hydrogen (secondary N) is 1. The minimum Gasteiger partial charge on any atom is -0.381 e. The molecule has 0 radical (unpaired) electrons. The first-order valence-corrected chi connectivity index (χ1v) is 14.1. The van der Waals surface area contributed by atoms with E-state index in [1.54, 1.807) is 10.5 Å². The Morgan fingerprint density at radius 1 is 1.16 bits per heavy atom. The number of aromatic nitrogens is 1. The Morgan fingerprint density at radius 2 is 1.91 bits per heavy atom. The summed E-state index contributed by atoms with van der Waals surface area (Å²) in [7, 11) is -3.60. The number of aryl methyl sites for hydroxylation is 1. The van der Waals surface area contributed by atoms with E-state index in [0.29, 0.717) is 28.6 Å². The highest BCUT2D eigenvalue weighted by atomic mass is 32.2. The summed E-state index contributed by atoms with van der Waals surface area (Å²) in [6.07, 6.45) is 13.5. The third kappa shape index (κ3) is 3.98. The van der Waals surface area contributed by atoms with Gasteiger partial charge >= 0.3 is 0 Å². The van der Waals surface area contributed by atoms with E-state index in [2.05, 4.69) is 17.2 Å². The maximum Gasteiger partial charge on any atom is 0.247 e. The Labute approximate surface area is 193 Å². The van der Waals surface area contributed by atoms with Gasteiger partial charge in [0.15, 0.2) is 0 Å². The molecule has 0 amide bonds. The van der Waals surface area contributed by atoms with Crippen molar-refractivity contribution >= 4 is 15.8 Å². The van der Waals surface area contributed by atoms with Gasteiger partial charge in [-0.3, -0.25) is 0 Å². The molecule has 1 aromatic heterocycles. The van der Waals surface area contributed by atoms with E-state index < -0.39 is 10.0 Å². The number of sulfonamides is 1. The summed E-state index contributed by atoms with van der Waals surface area (Å²) >= 11 is 0. The van der Waals surface area contributed by atoms with E-state index in [9.17, 15) is 8.42 Å². The SMILES string of the molecule is Cc1cnc(NCC2CCCC23CCOCC3)c(S(=O)(=O)N2CC3(CCCC3)CC2C)c1. The first-order chi connectivity index (χ1) is 15.3. The number of hydrogen-bond acceptors (Lipinski definition) is 5. The molecule has 32 heavy (non-hydrogen) atoms. The molecule has 2 spiro atoms. The summed E-state index contributed by atoms with van der Waals surface area (Å²) in [6, 6.07) is 1.86. The van der Waals surface area contributed by atoms with E-state index in [0.717, 1.165) is 57.4 Å². The molecule has 2 unspecified atom stereocenters. The highest BCUT2D eigenvalue weighted by Gasteiger charge is 2.49. The van der Waals surface area contributed by atoms with Gasteiger partial charge in [-0.05, 0) is 87.2 Å². The second-order valence-corrected chi connectivity index (χ2v) is 13.0. The van der Waals surface area contributed by atoms with E-state index in [4.69, 9.17) is 4.74 Å². The number of rotatable bonds is 5. The number of hydrogen-bond donors (Lipinski definition) is 1. The largest absolute Gasteiger partial charge is 0.381 e. The number of anilines is 1. The summed E-state index contributed by atoms with van der Waals surface area (Å²) in [5.74, 6) is 1.09. The first-order valence-electron chi connectivity index (χ1n) is 12.6. The van der Waals surface area contributed by atoms with Crippen LogP contribution in [-0.4, -0.2) is 50.1 Å². The smallest absolute Gasteiger partial charge is 0.247 e. The minimum atomic E-state index is -3.60. The van der Waals surface area contributed by atoms with Crippen LogP contribution in [0.4, 0.5) is 5.82 Å². The predicted molar refractivity (Wildman–Crippen MR) is 126 cm³/mol. The fraction of sp³-hybridized carbons (Fsp3) is 0.800. The van der Waals surface area contributed by atoms with Gasteiger partial charge in [0.05, 0.1) is 0 Å². The van der Waals surface area contributed by atoms with Gasteiger partial charge in [-0.1, -0.05) is 19.3 Å². The van der Waals surface area contributed by atoms with Crippen LogP contribution in [0.5, 0.6) is 0 Å². The maximum atomic E-state index is 13.9. The van der Waals surface area contributed by atoms with Gasteiger partial charge < -0.3 is 10.1 Å². The van der Waals surface area contributed by atoms with Gasteiger partial charge in [0.2, 0.25) is 10.0 Å². The van der Waals surface area contributed by atoms with Crippen molar-refractivity contribution in [3.05, 3.63) is 17.8 Å². The van der Waals surface area contributed by atoms with Crippen LogP contribution in [0.1, 0.15) is 76.7 Å². The summed E-state index contributed by atoms with van der Waals surface area (Å²) in [5, 5.41) is 3.50. The van der Waals surface area contributed by atoms with Crippen LogP contribution >= 0.6 is 0 Å². The molecule has 4 aliphatic rings. The van der Waals surface area contributed by atoms with Crippen LogP contribution in [0, 0.1) is 23.7 Å². The Hall–Kier alpha value is -1.18. The summed E-state index contributed by atoms with van der Waals surface area (Å²) in [4.78, 5) is 4.94. The Morgan fingerprint density at radius 3 is 2.66 bits per heavy atom. The van der Waals surface area contributed by atoms with Crippen molar-refractivity contribution in [3.8, 4) is 0 Å². The molecule has 5 rings (SSSR count). The van der Waals surface area contributed by atoms with Gasteiger partial charge in [0.25, 0.3) is 0 Å². The van der Waals surface area contributed by atoms with Crippen LogP contribution in [0.3, 0.4) is 0 Å². The molecule has 2 aliphatic carbocycles. The van der Waals surface area contributed by atoms with Gasteiger partial charge in [0, 0.05) is 38.5 Å². The van der Waals surface area contributed by atoms with Crippen molar-refractivity contribution in [2.45, 2.75) is 89.0 Å². The Balaban J connectivity index is 1.37. The molecule has 4 fully saturated rings. The maximum absolute atomic E-state index is 13.9. The first kappa shape index (κ1) is 22.6. The Kier molecular flexibility index (Phi) is 6.04. The molecule has 178 valence electrons. The normalized spacial score (nSPS) is 29.8. The standard InChI is InChI=1S/C25H39N3O3S/c1-19-14-22(32(29,30)28-18-24(15-20(28)2)7-3-4-8-24)23(26-16-19)27-17-21-6-5-9-25(21)10-12-31-13-11-25/h14,16,20-21H,3-13,15,17-18H2,1-2H3,(H,26,27). The van der Waals surface area contributed by atoms with Crippen molar-refractivity contribution in [2.24, 2.45) is 16.7 Å². The fourth-order valence-electron chi connectivity index (χ4n) is 7.27. The van der Waals surface area contributed by atoms with Gasteiger partial charge in [0.1, 0.15) is 10.7 Å². The monoisotopic (exact) mass is 461 g/mol. The van der Waals surface area contributed by atoms with Gasteiger partial charge in [-0.25, -0.2) is 13.4 Å². The molecule has 0 aromatic carbocycles. The van der Waals surface area contributed by atoms with Crippen molar-refractivity contribution in [1.29, 1.82) is 0 Å². The van der Waals surface area contributed by atoms with Crippen molar-refractivity contribution in [1.82, 2.24) is 9.29 Å². The van der Waals surface area contributed by atoms with Gasteiger partial charge in [-0.15, -0.1) is 0 Å². The lowest BCUT2D eigenvalue weighted by Gasteiger charge is -2.39. The average molecular weight is 462 g/mol. The highest BCUT2D eigenvalue weighted by Crippen LogP contribution is 2.51. The molecule has 3 heterocycles. The van der Waals surface area contributed by atoms with Crippen LogP contribution in [0.2, 0.25) is 0 Å². The molecule has 2 atom stereocenters. The predicted octanol–water partition coefficient (Wildman–Crippen LogP) is 4.74. The van der Waals surface area contributed by atoms with Crippen molar-refractivity contribution in [3.63, 3.8) is 0 Å². The lowest BCUT2D eigenvalue weighted by molar-refractivity contribution is -0.00311. The van der Waals surface area contributed by atoms with Crippen LogP contribution in [0.25, 0.3) is 0 Å². The second kappa shape index (κ2) is 8.55. The van der Waals surface area contributed by atoms with Crippen LogP contribution in [0.15, 0.2) is 17.2 Å². The zero-order valence-corrected chi connectivity index (χ0v) is 20.6. The van der Waals surface area contributed by atoms with E-state index in [-0.39, 0.29) is 11.5 Å². The van der Waals surface area contributed by atoms with E-state index in [1.807, 2.05) is 13.0 Å².